The SMILES string of the molecule is CCN(CC)S(=O)(=O)c1ccc(N2CC(C(=O)Nc3ccc(OC)cc3)CC2=O)cc1. The Morgan fingerprint density at radius 3 is 2.26 bits per heavy atom. The number of carbonyl (C=O) groups is 2. The van der Waals surface area contributed by atoms with Crippen molar-refractivity contribution < 1.29 is 22.7 Å². The fourth-order valence-corrected chi connectivity index (χ4v) is 5.02. The zero-order valence-electron chi connectivity index (χ0n) is 17.9. The lowest BCUT2D eigenvalue weighted by Gasteiger charge is -2.20. The molecule has 1 N–H and O–H groups in total. The summed E-state index contributed by atoms with van der Waals surface area (Å²) in [6.45, 7) is 4.58. The molecular formula is C22H27N3O5S. The summed E-state index contributed by atoms with van der Waals surface area (Å²) in [5.74, 6) is -0.212. The molecule has 0 aliphatic carbocycles. The van der Waals surface area contributed by atoms with Crippen LogP contribution in [0, 0.1) is 5.92 Å². The van der Waals surface area contributed by atoms with Crippen molar-refractivity contribution in [1.82, 2.24) is 4.31 Å². The highest BCUT2D eigenvalue weighted by Crippen LogP contribution is 2.28. The van der Waals surface area contributed by atoms with Crippen molar-refractivity contribution in [3.63, 3.8) is 0 Å². The first kappa shape index (κ1) is 22.8. The number of anilines is 2. The molecule has 0 spiro atoms. The van der Waals surface area contributed by atoms with Crippen molar-refractivity contribution in [1.29, 1.82) is 0 Å². The zero-order chi connectivity index (χ0) is 22.6. The number of rotatable bonds is 8. The molecule has 1 aliphatic heterocycles. The van der Waals surface area contributed by atoms with Gasteiger partial charge in [0.05, 0.1) is 17.9 Å². The van der Waals surface area contributed by atoms with Crippen LogP contribution in [0.4, 0.5) is 11.4 Å². The second kappa shape index (κ2) is 9.49. The van der Waals surface area contributed by atoms with E-state index in [1.54, 1.807) is 57.4 Å². The quantitative estimate of drug-likeness (QED) is 0.674. The predicted molar refractivity (Wildman–Crippen MR) is 119 cm³/mol. The maximum Gasteiger partial charge on any atom is 0.243 e. The van der Waals surface area contributed by atoms with Crippen LogP contribution in [0.2, 0.25) is 0 Å². The van der Waals surface area contributed by atoms with Gasteiger partial charge in [-0.25, -0.2) is 8.42 Å². The molecule has 1 fully saturated rings. The molecular weight excluding hydrogens is 418 g/mol. The molecule has 0 bridgehead atoms. The first-order valence-electron chi connectivity index (χ1n) is 10.2. The largest absolute Gasteiger partial charge is 0.497 e. The van der Waals surface area contributed by atoms with Crippen molar-refractivity contribution in [3.8, 4) is 5.75 Å². The summed E-state index contributed by atoms with van der Waals surface area (Å²) in [4.78, 5) is 26.8. The maximum atomic E-state index is 12.6. The lowest BCUT2D eigenvalue weighted by molar-refractivity contribution is -0.122. The van der Waals surface area contributed by atoms with Crippen LogP contribution in [0.15, 0.2) is 53.4 Å². The third-order valence-electron chi connectivity index (χ3n) is 5.34. The van der Waals surface area contributed by atoms with Gasteiger partial charge in [-0.15, -0.1) is 0 Å². The molecule has 1 atom stereocenters. The summed E-state index contributed by atoms with van der Waals surface area (Å²) in [6, 6.07) is 13.2. The standard InChI is InChI=1S/C22H27N3O5S/c1-4-24(5-2)31(28,29)20-12-8-18(9-13-20)25-15-16(14-21(25)26)22(27)23-17-6-10-19(30-3)11-7-17/h6-13,16H,4-5,14-15H2,1-3H3,(H,23,27). The first-order chi connectivity index (χ1) is 14.8. The molecule has 166 valence electrons. The van der Waals surface area contributed by atoms with E-state index in [1.807, 2.05) is 0 Å². The van der Waals surface area contributed by atoms with Crippen molar-refractivity contribution in [2.45, 2.75) is 25.2 Å². The second-order valence-corrected chi connectivity index (χ2v) is 9.14. The van der Waals surface area contributed by atoms with Gasteiger partial charge in [-0.3, -0.25) is 9.59 Å². The average Bonchev–Trinajstić information content (AvgIpc) is 3.17. The van der Waals surface area contributed by atoms with Crippen molar-refractivity contribution in [3.05, 3.63) is 48.5 Å². The predicted octanol–water partition coefficient (Wildman–Crippen LogP) is 2.72. The number of nitrogens with one attached hydrogen (secondary N) is 1. The Bertz CT molecular complexity index is 1030. The normalized spacial score (nSPS) is 16.6. The molecule has 2 aromatic carbocycles. The van der Waals surface area contributed by atoms with E-state index in [0.717, 1.165) is 0 Å². The molecule has 3 rings (SSSR count). The summed E-state index contributed by atoms with van der Waals surface area (Å²) in [5, 5.41) is 2.82. The number of amides is 2. The van der Waals surface area contributed by atoms with Crippen LogP contribution in [0.3, 0.4) is 0 Å². The van der Waals surface area contributed by atoms with Gasteiger partial charge in [0.1, 0.15) is 5.75 Å². The molecule has 1 heterocycles. The van der Waals surface area contributed by atoms with Gasteiger partial charge < -0.3 is 15.0 Å². The monoisotopic (exact) mass is 445 g/mol. The van der Waals surface area contributed by atoms with E-state index >= 15 is 0 Å². The summed E-state index contributed by atoms with van der Waals surface area (Å²) < 4.78 is 31.7. The molecule has 1 saturated heterocycles. The Morgan fingerprint density at radius 2 is 1.71 bits per heavy atom. The average molecular weight is 446 g/mol. The van der Waals surface area contributed by atoms with E-state index in [2.05, 4.69) is 5.32 Å². The van der Waals surface area contributed by atoms with Crippen LogP contribution < -0.4 is 15.0 Å². The second-order valence-electron chi connectivity index (χ2n) is 7.21. The van der Waals surface area contributed by atoms with E-state index < -0.39 is 15.9 Å². The molecule has 0 saturated carbocycles. The topological polar surface area (TPSA) is 96.0 Å². The van der Waals surface area contributed by atoms with Gasteiger partial charge in [0, 0.05) is 37.4 Å². The van der Waals surface area contributed by atoms with Gasteiger partial charge >= 0.3 is 0 Å². The Kier molecular flexibility index (Phi) is 6.97. The Balaban J connectivity index is 1.69. The fourth-order valence-electron chi connectivity index (χ4n) is 3.56. The minimum Gasteiger partial charge on any atom is -0.497 e. The van der Waals surface area contributed by atoms with Gasteiger partial charge in [0.2, 0.25) is 21.8 Å². The van der Waals surface area contributed by atoms with E-state index in [1.165, 1.54) is 21.3 Å². The minimum atomic E-state index is -3.56. The summed E-state index contributed by atoms with van der Waals surface area (Å²) in [6.07, 6.45) is 0.0987. The molecule has 1 unspecified atom stereocenters. The number of ether oxygens (including phenoxy) is 1. The Hall–Kier alpha value is -2.91. The summed E-state index contributed by atoms with van der Waals surface area (Å²) in [7, 11) is -1.99. The minimum absolute atomic E-state index is 0.0987. The summed E-state index contributed by atoms with van der Waals surface area (Å²) >= 11 is 0. The number of methoxy groups -OCH3 is 1. The molecule has 8 nitrogen and oxygen atoms in total. The third kappa shape index (κ3) is 4.88. The number of sulfonamides is 1. The maximum absolute atomic E-state index is 12.6. The first-order valence-corrected chi connectivity index (χ1v) is 11.6. The molecule has 31 heavy (non-hydrogen) atoms. The number of benzene rings is 2. The summed E-state index contributed by atoms with van der Waals surface area (Å²) in [5.41, 5.74) is 1.20. The highest BCUT2D eigenvalue weighted by molar-refractivity contribution is 7.89. The molecule has 0 aromatic heterocycles. The van der Waals surface area contributed by atoms with Crippen molar-refractivity contribution >= 4 is 33.2 Å². The molecule has 1 aliphatic rings. The smallest absolute Gasteiger partial charge is 0.243 e. The molecule has 2 amide bonds. The van der Waals surface area contributed by atoms with Crippen molar-refractivity contribution in [2.24, 2.45) is 5.92 Å². The van der Waals surface area contributed by atoms with Gasteiger partial charge in [0.25, 0.3) is 0 Å². The van der Waals surface area contributed by atoms with Crippen LogP contribution in [0.25, 0.3) is 0 Å². The van der Waals surface area contributed by atoms with E-state index in [0.29, 0.717) is 30.2 Å². The van der Waals surface area contributed by atoms with E-state index in [4.69, 9.17) is 4.74 Å². The molecule has 0 radical (unpaired) electrons. The fraction of sp³-hybridized carbons (Fsp3) is 0.364. The highest BCUT2D eigenvalue weighted by Gasteiger charge is 2.35. The number of hydrogen-bond donors (Lipinski definition) is 1. The Morgan fingerprint density at radius 1 is 1.10 bits per heavy atom. The number of carbonyl (C=O) groups excluding carboxylic acids is 2. The van der Waals surface area contributed by atoms with Gasteiger partial charge in [-0.05, 0) is 48.5 Å². The van der Waals surface area contributed by atoms with Crippen molar-refractivity contribution in [2.75, 3.05) is 37.0 Å². The van der Waals surface area contributed by atoms with Gasteiger partial charge in [-0.1, -0.05) is 13.8 Å². The van der Waals surface area contributed by atoms with Crippen LogP contribution in [-0.2, 0) is 19.6 Å². The molecule has 2 aromatic rings. The van der Waals surface area contributed by atoms with E-state index in [9.17, 15) is 18.0 Å². The highest BCUT2D eigenvalue weighted by atomic mass is 32.2. The zero-order valence-corrected chi connectivity index (χ0v) is 18.7. The van der Waals surface area contributed by atoms with Gasteiger partial charge in [-0.2, -0.15) is 4.31 Å². The van der Waals surface area contributed by atoms with Crippen LogP contribution in [-0.4, -0.2) is 51.3 Å². The number of nitrogens with zero attached hydrogens (tertiary/aromatic N) is 2. The number of hydrogen-bond acceptors (Lipinski definition) is 5. The molecule has 9 heteroatoms. The lowest BCUT2D eigenvalue weighted by atomic mass is 10.1. The van der Waals surface area contributed by atoms with Crippen LogP contribution in [0.1, 0.15) is 20.3 Å². The lowest BCUT2D eigenvalue weighted by Crippen LogP contribution is -2.31. The van der Waals surface area contributed by atoms with Crippen LogP contribution >= 0.6 is 0 Å². The van der Waals surface area contributed by atoms with E-state index in [-0.39, 0.29) is 29.7 Å². The van der Waals surface area contributed by atoms with Crippen LogP contribution in [0.5, 0.6) is 5.75 Å². The Labute approximate surface area is 182 Å². The third-order valence-corrected chi connectivity index (χ3v) is 7.41. The van der Waals surface area contributed by atoms with Gasteiger partial charge in [0.15, 0.2) is 0 Å².